The second-order valence-electron chi connectivity index (χ2n) is 6.58. The van der Waals surface area contributed by atoms with Crippen molar-refractivity contribution in [2.75, 3.05) is 30.4 Å². The third-order valence-corrected chi connectivity index (χ3v) is 3.91. The first kappa shape index (κ1) is 14.0. The van der Waals surface area contributed by atoms with Gasteiger partial charge in [-0.3, -0.25) is 4.90 Å². The van der Waals surface area contributed by atoms with Crippen molar-refractivity contribution in [2.45, 2.75) is 38.7 Å². The second-order valence-corrected chi connectivity index (χ2v) is 6.58. The van der Waals surface area contributed by atoms with Crippen LogP contribution in [0.2, 0.25) is 0 Å². The number of amides is 1. The Morgan fingerprint density at radius 3 is 2.81 bits per heavy atom. The van der Waals surface area contributed by atoms with Gasteiger partial charge in [0.2, 0.25) is 0 Å². The molecular weight excluding hydrogens is 268 g/mol. The Morgan fingerprint density at radius 1 is 1.38 bits per heavy atom. The Balaban J connectivity index is 1.97. The Kier molecular flexibility index (Phi) is 3.23. The third-order valence-electron chi connectivity index (χ3n) is 3.91. The van der Waals surface area contributed by atoms with Gasteiger partial charge in [0.1, 0.15) is 11.4 Å². The SMILES string of the molecule is COc1ccc2c3c1NCCC3CN2C(=O)OC(C)(C)C. The number of carbonyl (C=O) groups excluding carboxylic acids is 1. The van der Waals surface area contributed by atoms with E-state index >= 15 is 0 Å². The normalized spacial score (nSPS) is 19.8. The van der Waals surface area contributed by atoms with Gasteiger partial charge in [-0.15, -0.1) is 0 Å². The van der Waals surface area contributed by atoms with Crippen molar-refractivity contribution in [2.24, 2.45) is 0 Å². The zero-order chi connectivity index (χ0) is 15.2. The highest BCUT2D eigenvalue weighted by Gasteiger charge is 2.39. The van der Waals surface area contributed by atoms with Crippen LogP contribution in [0.1, 0.15) is 38.7 Å². The van der Waals surface area contributed by atoms with E-state index < -0.39 is 5.60 Å². The zero-order valence-electron chi connectivity index (χ0n) is 13.0. The van der Waals surface area contributed by atoms with Crippen LogP contribution in [0, 0.1) is 0 Å². The smallest absolute Gasteiger partial charge is 0.414 e. The van der Waals surface area contributed by atoms with E-state index in [1.807, 2.05) is 32.9 Å². The van der Waals surface area contributed by atoms with Crippen LogP contribution >= 0.6 is 0 Å². The van der Waals surface area contributed by atoms with Gasteiger partial charge in [-0.25, -0.2) is 4.79 Å². The number of hydrogen-bond donors (Lipinski definition) is 1. The number of carbonyl (C=O) groups is 1. The number of methoxy groups -OCH3 is 1. The molecule has 5 heteroatoms. The maximum absolute atomic E-state index is 12.4. The van der Waals surface area contributed by atoms with Crippen LogP contribution in [0.3, 0.4) is 0 Å². The van der Waals surface area contributed by atoms with Gasteiger partial charge in [-0.05, 0) is 39.3 Å². The Morgan fingerprint density at radius 2 is 2.14 bits per heavy atom. The van der Waals surface area contributed by atoms with E-state index in [0.29, 0.717) is 12.5 Å². The highest BCUT2D eigenvalue weighted by molar-refractivity contribution is 5.94. The van der Waals surface area contributed by atoms with Crippen LogP contribution in [0.15, 0.2) is 12.1 Å². The van der Waals surface area contributed by atoms with Crippen LogP contribution in [0.25, 0.3) is 0 Å². The molecule has 1 unspecified atom stereocenters. The maximum Gasteiger partial charge on any atom is 0.414 e. The monoisotopic (exact) mass is 290 g/mol. The zero-order valence-corrected chi connectivity index (χ0v) is 13.0. The lowest BCUT2D eigenvalue weighted by Gasteiger charge is -2.25. The first-order chi connectivity index (χ1) is 9.90. The predicted octanol–water partition coefficient (Wildman–Crippen LogP) is 3.35. The van der Waals surface area contributed by atoms with E-state index in [9.17, 15) is 4.79 Å². The van der Waals surface area contributed by atoms with Crippen molar-refractivity contribution < 1.29 is 14.3 Å². The molecule has 0 bridgehead atoms. The molecule has 1 N–H and O–H groups in total. The number of rotatable bonds is 1. The minimum absolute atomic E-state index is 0.274. The summed E-state index contributed by atoms with van der Waals surface area (Å²) in [4.78, 5) is 14.2. The van der Waals surface area contributed by atoms with Gasteiger partial charge in [0, 0.05) is 24.6 Å². The Hall–Kier alpha value is -1.91. The number of anilines is 2. The van der Waals surface area contributed by atoms with E-state index in [1.54, 1.807) is 12.0 Å². The summed E-state index contributed by atoms with van der Waals surface area (Å²) < 4.78 is 10.9. The number of benzene rings is 1. The maximum atomic E-state index is 12.4. The minimum atomic E-state index is -0.483. The Bertz CT molecular complexity index is 578. The molecule has 1 atom stereocenters. The molecule has 0 saturated heterocycles. The Labute approximate surface area is 125 Å². The highest BCUT2D eigenvalue weighted by atomic mass is 16.6. The fourth-order valence-corrected chi connectivity index (χ4v) is 3.10. The van der Waals surface area contributed by atoms with Gasteiger partial charge >= 0.3 is 6.09 Å². The number of nitrogens with one attached hydrogen (secondary N) is 1. The number of nitrogens with zero attached hydrogens (tertiary/aromatic N) is 1. The molecular formula is C16H22N2O3. The predicted molar refractivity (Wildman–Crippen MR) is 82.4 cm³/mol. The molecule has 0 fully saturated rings. The minimum Gasteiger partial charge on any atom is -0.495 e. The van der Waals surface area contributed by atoms with Crippen molar-refractivity contribution in [3.05, 3.63) is 17.7 Å². The topological polar surface area (TPSA) is 50.8 Å². The van der Waals surface area contributed by atoms with Gasteiger partial charge < -0.3 is 14.8 Å². The highest BCUT2D eigenvalue weighted by Crippen LogP contribution is 2.49. The summed E-state index contributed by atoms with van der Waals surface area (Å²) in [6, 6.07) is 3.86. The summed E-state index contributed by atoms with van der Waals surface area (Å²) in [5, 5.41) is 3.40. The van der Waals surface area contributed by atoms with Crippen molar-refractivity contribution in [3.63, 3.8) is 0 Å². The third kappa shape index (κ3) is 2.41. The molecule has 1 aromatic rings. The average Bonchev–Trinajstić information content (AvgIpc) is 2.78. The lowest BCUT2D eigenvalue weighted by atomic mass is 9.92. The molecule has 5 nitrogen and oxygen atoms in total. The molecule has 3 rings (SSSR count). The molecule has 2 heterocycles. The van der Waals surface area contributed by atoms with E-state index in [2.05, 4.69) is 5.32 Å². The van der Waals surface area contributed by atoms with E-state index in [-0.39, 0.29) is 6.09 Å². The van der Waals surface area contributed by atoms with Crippen molar-refractivity contribution in [1.82, 2.24) is 0 Å². The summed E-state index contributed by atoms with van der Waals surface area (Å²) in [7, 11) is 1.67. The fraction of sp³-hybridized carbons (Fsp3) is 0.562. The van der Waals surface area contributed by atoms with Crippen LogP contribution in [-0.4, -0.2) is 31.9 Å². The van der Waals surface area contributed by atoms with E-state index in [0.717, 1.165) is 30.1 Å². The molecule has 1 amide bonds. The van der Waals surface area contributed by atoms with Crippen molar-refractivity contribution >= 4 is 17.5 Å². The van der Waals surface area contributed by atoms with E-state index in [4.69, 9.17) is 9.47 Å². The molecule has 0 aromatic heterocycles. The lowest BCUT2D eigenvalue weighted by Crippen LogP contribution is -2.36. The van der Waals surface area contributed by atoms with Gasteiger partial charge in [0.25, 0.3) is 0 Å². The first-order valence-corrected chi connectivity index (χ1v) is 7.36. The fourth-order valence-electron chi connectivity index (χ4n) is 3.10. The average molecular weight is 290 g/mol. The molecule has 0 saturated carbocycles. The largest absolute Gasteiger partial charge is 0.495 e. The number of hydrogen-bond acceptors (Lipinski definition) is 4. The standard InChI is InChI=1S/C16H22N2O3/c1-16(2,3)21-15(19)18-9-10-7-8-17-14-12(20-4)6-5-11(18)13(10)14/h5-6,10,17H,7-9H2,1-4H3. The molecule has 0 spiro atoms. The molecule has 21 heavy (non-hydrogen) atoms. The van der Waals surface area contributed by atoms with Crippen molar-refractivity contribution in [1.29, 1.82) is 0 Å². The van der Waals surface area contributed by atoms with Crippen LogP contribution in [0.4, 0.5) is 16.2 Å². The summed E-state index contributed by atoms with van der Waals surface area (Å²) >= 11 is 0. The summed E-state index contributed by atoms with van der Waals surface area (Å²) in [6.45, 7) is 7.25. The second kappa shape index (κ2) is 4.83. The van der Waals surface area contributed by atoms with E-state index in [1.165, 1.54) is 5.56 Å². The summed E-state index contributed by atoms with van der Waals surface area (Å²) in [5.74, 6) is 1.20. The van der Waals surface area contributed by atoms with Gasteiger partial charge in [-0.2, -0.15) is 0 Å². The molecule has 2 aliphatic heterocycles. The summed E-state index contributed by atoms with van der Waals surface area (Å²) in [6.07, 6.45) is 0.746. The molecule has 0 radical (unpaired) electrons. The molecule has 0 aliphatic carbocycles. The lowest BCUT2D eigenvalue weighted by molar-refractivity contribution is 0.0582. The quantitative estimate of drug-likeness (QED) is 0.861. The first-order valence-electron chi connectivity index (χ1n) is 7.36. The van der Waals surface area contributed by atoms with Gasteiger partial charge in [0.15, 0.2) is 0 Å². The van der Waals surface area contributed by atoms with Gasteiger partial charge in [-0.1, -0.05) is 0 Å². The van der Waals surface area contributed by atoms with Crippen LogP contribution in [-0.2, 0) is 4.74 Å². The van der Waals surface area contributed by atoms with Gasteiger partial charge in [0.05, 0.1) is 18.5 Å². The molecule has 2 aliphatic rings. The number of ether oxygens (including phenoxy) is 2. The summed E-state index contributed by atoms with van der Waals surface area (Å²) in [5.41, 5.74) is 2.67. The van der Waals surface area contributed by atoms with Crippen LogP contribution in [0.5, 0.6) is 5.75 Å². The van der Waals surface area contributed by atoms with Crippen LogP contribution < -0.4 is 15.0 Å². The molecule has 1 aromatic carbocycles. The van der Waals surface area contributed by atoms with Crippen molar-refractivity contribution in [3.8, 4) is 5.75 Å². The molecule has 114 valence electrons.